The number of aromatic nitrogens is 2. The number of nitrogens with one attached hydrogen (secondary N) is 1. The molecule has 0 amide bonds. The van der Waals surface area contributed by atoms with Crippen LogP contribution in [0.2, 0.25) is 0 Å². The predicted octanol–water partition coefficient (Wildman–Crippen LogP) is 2.32. The van der Waals surface area contributed by atoms with E-state index in [1.165, 1.54) is 12.6 Å². The Hall–Kier alpha value is -3.47. The van der Waals surface area contributed by atoms with Gasteiger partial charge in [0.25, 0.3) is 0 Å². The molecule has 0 bridgehead atoms. The number of rotatable bonds is 13. The van der Waals surface area contributed by atoms with Gasteiger partial charge in [-0.25, -0.2) is 18.4 Å². The van der Waals surface area contributed by atoms with Gasteiger partial charge in [0, 0.05) is 23.7 Å². The molecule has 1 aliphatic rings. The Kier molecular flexibility index (Phi) is 9.33. The molecule has 0 saturated carbocycles. The Morgan fingerprint density at radius 3 is 2.53 bits per heavy atom. The van der Waals surface area contributed by atoms with Crippen LogP contribution in [-0.2, 0) is 21.3 Å². The number of anilines is 2. The molecule has 1 unspecified atom stereocenters. The maximum atomic E-state index is 11.4. The Morgan fingerprint density at radius 2 is 1.82 bits per heavy atom. The van der Waals surface area contributed by atoms with E-state index in [1.807, 2.05) is 72.7 Å². The van der Waals surface area contributed by atoms with E-state index in [4.69, 9.17) is 9.57 Å². The van der Waals surface area contributed by atoms with Gasteiger partial charge in [-0.05, 0) is 62.3 Å². The highest BCUT2D eigenvalue weighted by Gasteiger charge is 2.19. The van der Waals surface area contributed by atoms with Crippen molar-refractivity contribution in [2.45, 2.75) is 25.5 Å². The van der Waals surface area contributed by atoms with E-state index in [0.29, 0.717) is 13.2 Å². The fourth-order valence-corrected chi connectivity index (χ4v) is 4.82. The lowest BCUT2D eigenvalue weighted by Gasteiger charge is -2.28. The molecule has 1 N–H and O–H groups in total. The number of hydrogen-bond donors (Lipinski definition) is 1. The molecule has 202 valence electrons. The maximum absolute atomic E-state index is 11.4. The normalized spacial score (nSPS) is 14.9. The second-order valence-electron chi connectivity index (χ2n) is 9.43. The highest BCUT2D eigenvalue weighted by atomic mass is 32.2. The summed E-state index contributed by atoms with van der Waals surface area (Å²) in [5.41, 5.74) is 2.01. The minimum Gasteiger partial charge on any atom is -0.489 e. The molecular formula is C28H35N5O4S. The second kappa shape index (κ2) is 12.9. The molecule has 1 aliphatic heterocycles. The third-order valence-electron chi connectivity index (χ3n) is 6.31. The van der Waals surface area contributed by atoms with Gasteiger partial charge in [0.2, 0.25) is 0 Å². The average molecular weight is 538 g/mol. The second-order valence-corrected chi connectivity index (χ2v) is 11.7. The molecule has 0 saturated heterocycles. The number of hydroxylamine groups is 2. The largest absolute Gasteiger partial charge is 0.489 e. The van der Waals surface area contributed by atoms with Gasteiger partial charge in [-0.15, -0.1) is 0 Å². The van der Waals surface area contributed by atoms with E-state index >= 15 is 0 Å². The van der Waals surface area contributed by atoms with Gasteiger partial charge in [-0.3, -0.25) is 9.90 Å². The number of sulfone groups is 1. The van der Waals surface area contributed by atoms with Crippen molar-refractivity contribution in [3.05, 3.63) is 77.1 Å². The highest BCUT2D eigenvalue weighted by molar-refractivity contribution is 7.90. The fraction of sp³-hybridized carbons (Fsp3) is 0.357. The number of ether oxygens (including phenoxy) is 1. The number of benzene rings is 2. The van der Waals surface area contributed by atoms with E-state index in [-0.39, 0.29) is 11.8 Å². The summed E-state index contributed by atoms with van der Waals surface area (Å²) in [7, 11) is 0.617. The number of nitrogens with zero attached hydrogens (tertiary/aromatic N) is 4. The highest BCUT2D eigenvalue weighted by Crippen LogP contribution is 2.19. The van der Waals surface area contributed by atoms with Crippen LogP contribution in [0, 0.1) is 0 Å². The van der Waals surface area contributed by atoms with Crippen molar-refractivity contribution in [3.8, 4) is 5.75 Å². The van der Waals surface area contributed by atoms with E-state index in [1.54, 1.807) is 12.2 Å². The molecule has 1 aromatic heterocycles. The van der Waals surface area contributed by atoms with E-state index in [0.717, 1.165) is 52.8 Å². The van der Waals surface area contributed by atoms with Gasteiger partial charge in [0.05, 0.1) is 30.5 Å². The van der Waals surface area contributed by atoms with Gasteiger partial charge in [-0.1, -0.05) is 30.3 Å². The monoisotopic (exact) mass is 537 g/mol. The van der Waals surface area contributed by atoms with Crippen molar-refractivity contribution >= 4 is 33.6 Å². The molecule has 3 aromatic rings. The molecule has 38 heavy (non-hydrogen) atoms. The number of fused-ring (bicyclic) bond motifs is 1. The first-order valence-corrected chi connectivity index (χ1v) is 14.6. The molecular weight excluding hydrogens is 502 g/mol. The van der Waals surface area contributed by atoms with E-state index in [2.05, 4.69) is 21.4 Å². The molecule has 2 heterocycles. The minimum absolute atomic E-state index is 0.00359. The maximum Gasteiger partial charge on any atom is 0.148 e. The van der Waals surface area contributed by atoms with Crippen molar-refractivity contribution in [1.29, 1.82) is 0 Å². The SMILES string of the molecule is CON1C=c2ncnc(Nc3ccc(OCc4ccccc4)cc3)c2=CC1CCCN(C)CCS(C)(=O)=O. The van der Waals surface area contributed by atoms with Gasteiger partial charge in [0.1, 0.15) is 34.3 Å². The van der Waals surface area contributed by atoms with Crippen LogP contribution >= 0.6 is 0 Å². The van der Waals surface area contributed by atoms with Crippen LogP contribution in [-0.4, -0.2) is 73.6 Å². The van der Waals surface area contributed by atoms with Crippen LogP contribution in [0.1, 0.15) is 18.4 Å². The van der Waals surface area contributed by atoms with Crippen LogP contribution < -0.4 is 20.6 Å². The van der Waals surface area contributed by atoms with Crippen molar-refractivity contribution in [2.24, 2.45) is 0 Å². The first-order chi connectivity index (χ1) is 18.3. The third kappa shape index (κ3) is 8.01. The van der Waals surface area contributed by atoms with Gasteiger partial charge in [0.15, 0.2) is 0 Å². The zero-order valence-corrected chi connectivity index (χ0v) is 22.9. The lowest BCUT2D eigenvalue weighted by atomic mass is 10.1. The van der Waals surface area contributed by atoms with Crippen molar-refractivity contribution in [1.82, 2.24) is 19.9 Å². The van der Waals surface area contributed by atoms with Crippen molar-refractivity contribution in [2.75, 3.05) is 44.6 Å². The molecule has 2 aromatic carbocycles. The van der Waals surface area contributed by atoms with Crippen molar-refractivity contribution < 1.29 is 18.0 Å². The van der Waals surface area contributed by atoms with Crippen LogP contribution in [0.4, 0.5) is 11.5 Å². The lowest BCUT2D eigenvalue weighted by Crippen LogP contribution is -2.44. The van der Waals surface area contributed by atoms with Gasteiger partial charge < -0.3 is 15.0 Å². The fourth-order valence-electron chi connectivity index (χ4n) is 4.17. The first-order valence-electron chi connectivity index (χ1n) is 12.6. The average Bonchev–Trinajstić information content (AvgIpc) is 2.91. The predicted molar refractivity (Wildman–Crippen MR) is 150 cm³/mol. The Balaban J connectivity index is 1.41. The zero-order chi connectivity index (χ0) is 27.0. The van der Waals surface area contributed by atoms with Gasteiger partial charge >= 0.3 is 0 Å². The summed E-state index contributed by atoms with van der Waals surface area (Å²) < 4.78 is 28.8. The van der Waals surface area contributed by atoms with Crippen LogP contribution in [0.25, 0.3) is 12.3 Å². The molecule has 1 atom stereocenters. The summed E-state index contributed by atoms with van der Waals surface area (Å²) in [6, 6.07) is 17.9. The zero-order valence-electron chi connectivity index (χ0n) is 22.1. The third-order valence-corrected chi connectivity index (χ3v) is 7.23. The van der Waals surface area contributed by atoms with E-state index < -0.39 is 9.84 Å². The molecule has 9 nitrogen and oxygen atoms in total. The molecule has 0 spiro atoms. The Bertz CT molecular complexity index is 1420. The summed E-state index contributed by atoms with van der Waals surface area (Å²) in [6.07, 6.45) is 8.52. The summed E-state index contributed by atoms with van der Waals surface area (Å²) in [5.74, 6) is 1.67. The smallest absolute Gasteiger partial charge is 0.148 e. The minimum atomic E-state index is -2.97. The van der Waals surface area contributed by atoms with E-state index in [9.17, 15) is 8.42 Å². The van der Waals surface area contributed by atoms with Crippen LogP contribution in [0.3, 0.4) is 0 Å². The summed E-state index contributed by atoms with van der Waals surface area (Å²) in [5, 5.41) is 6.90. The summed E-state index contributed by atoms with van der Waals surface area (Å²) in [6.45, 7) is 1.83. The molecule has 0 aliphatic carbocycles. The topological polar surface area (TPSA) is 96.9 Å². The molecule has 4 rings (SSSR count). The molecule has 10 heteroatoms. The van der Waals surface area contributed by atoms with Crippen LogP contribution in [0.15, 0.2) is 60.9 Å². The van der Waals surface area contributed by atoms with Crippen molar-refractivity contribution in [3.63, 3.8) is 0 Å². The Morgan fingerprint density at radius 1 is 1.05 bits per heavy atom. The van der Waals surface area contributed by atoms with Gasteiger partial charge in [-0.2, -0.15) is 0 Å². The standard InChI is InChI=1S/C28H35N5O4S/c1-32(16-17-38(3,34)35)15-7-10-24-18-26-27(19-33(24)36-2)29-21-30-28(26)31-23-11-13-25(14-12-23)37-20-22-8-5-4-6-9-22/h4-6,8-9,11-14,18-19,21,24H,7,10,15-17,20H2,1-3H3,(H,29,30,31). The molecule has 0 radical (unpaired) electrons. The number of hydrogen-bond acceptors (Lipinski definition) is 9. The summed E-state index contributed by atoms with van der Waals surface area (Å²) >= 11 is 0. The summed E-state index contributed by atoms with van der Waals surface area (Å²) in [4.78, 5) is 16.6. The quantitative estimate of drug-likeness (QED) is 0.352. The first kappa shape index (κ1) is 27.6. The van der Waals surface area contributed by atoms with Crippen LogP contribution in [0.5, 0.6) is 5.75 Å². The molecule has 0 fully saturated rings. The Labute approximate surface area is 224 Å². The lowest BCUT2D eigenvalue weighted by molar-refractivity contribution is -0.0891.